The number of halogens is 1. The predicted molar refractivity (Wildman–Crippen MR) is 104 cm³/mol. The standard InChI is InChI=1S/C22H26FN3O/c1-4-26(15-17(2)14-24)21(27)16-25(3)22(18-8-6-5-7-9-18)19-10-12-20(23)13-11-19/h5-13,17,22H,4,15-16H2,1-3H3. The maximum Gasteiger partial charge on any atom is 0.236 e. The summed E-state index contributed by atoms with van der Waals surface area (Å²) in [6.07, 6.45) is 0. The van der Waals surface area contributed by atoms with Gasteiger partial charge in [0.05, 0.1) is 24.6 Å². The molecule has 0 saturated heterocycles. The van der Waals surface area contributed by atoms with Crippen LogP contribution < -0.4 is 0 Å². The van der Waals surface area contributed by atoms with Crippen molar-refractivity contribution >= 4 is 5.91 Å². The van der Waals surface area contributed by atoms with Crippen molar-refractivity contribution in [3.8, 4) is 6.07 Å². The number of carbonyl (C=O) groups excluding carboxylic acids is 1. The second-order valence-corrected chi connectivity index (χ2v) is 6.74. The molecular weight excluding hydrogens is 341 g/mol. The highest BCUT2D eigenvalue weighted by Crippen LogP contribution is 2.27. The van der Waals surface area contributed by atoms with Crippen LogP contribution in [0.3, 0.4) is 0 Å². The zero-order chi connectivity index (χ0) is 19.8. The molecule has 5 heteroatoms. The first-order chi connectivity index (χ1) is 13.0. The molecule has 2 aromatic carbocycles. The number of nitriles is 1. The Morgan fingerprint density at radius 3 is 2.26 bits per heavy atom. The number of likely N-dealkylation sites (N-methyl/N-ethyl adjacent to an activating group) is 2. The number of amides is 1. The fraction of sp³-hybridized carbons (Fsp3) is 0.364. The van der Waals surface area contributed by atoms with Crippen LogP contribution in [0.5, 0.6) is 0 Å². The van der Waals surface area contributed by atoms with Gasteiger partial charge in [0.2, 0.25) is 5.91 Å². The van der Waals surface area contributed by atoms with Crippen molar-refractivity contribution in [2.45, 2.75) is 19.9 Å². The Labute approximate surface area is 160 Å². The zero-order valence-electron chi connectivity index (χ0n) is 16.1. The number of rotatable bonds is 8. The highest BCUT2D eigenvalue weighted by molar-refractivity contribution is 5.78. The van der Waals surface area contributed by atoms with Crippen LogP contribution in [0.2, 0.25) is 0 Å². The van der Waals surface area contributed by atoms with Crippen LogP contribution in [0.1, 0.15) is 31.0 Å². The van der Waals surface area contributed by atoms with Gasteiger partial charge in [-0.2, -0.15) is 5.26 Å². The van der Waals surface area contributed by atoms with E-state index in [2.05, 4.69) is 6.07 Å². The molecule has 2 atom stereocenters. The van der Waals surface area contributed by atoms with Gasteiger partial charge < -0.3 is 4.90 Å². The molecule has 142 valence electrons. The molecule has 0 saturated carbocycles. The lowest BCUT2D eigenvalue weighted by molar-refractivity contribution is -0.132. The van der Waals surface area contributed by atoms with E-state index in [1.807, 2.05) is 56.1 Å². The lowest BCUT2D eigenvalue weighted by atomic mass is 9.97. The molecule has 2 unspecified atom stereocenters. The minimum atomic E-state index is -0.285. The number of carbonyl (C=O) groups is 1. The quantitative estimate of drug-likeness (QED) is 0.712. The topological polar surface area (TPSA) is 47.3 Å². The molecule has 0 N–H and O–H groups in total. The van der Waals surface area contributed by atoms with Crippen molar-refractivity contribution in [2.24, 2.45) is 5.92 Å². The summed E-state index contributed by atoms with van der Waals surface area (Å²) in [7, 11) is 1.89. The molecule has 0 heterocycles. The van der Waals surface area contributed by atoms with E-state index < -0.39 is 0 Å². The van der Waals surface area contributed by atoms with Crippen LogP contribution in [-0.4, -0.2) is 42.4 Å². The Morgan fingerprint density at radius 1 is 1.11 bits per heavy atom. The van der Waals surface area contributed by atoms with E-state index in [1.54, 1.807) is 17.0 Å². The monoisotopic (exact) mass is 367 g/mol. The highest BCUT2D eigenvalue weighted by atomic mass is 19.1. The Hall–Kier alpha value is -2.71. The van der Waals surface area contributed by atoms with Gasteiger partial charge in [-0.15, -0.1) is 0 Å². The second kappa shape index (κ2) is 9.84. The van der Waals surface area contributed by atoms with Gasteiger partial charge in [-0.1, -0.05) is 42.5 Å². The van der Waals surface area contributed by atoms with E-state index in [0.29, 0.717) is 13.1 Å². The molecule has 0 aliphatic heterocycles. The van der Waals surface area contributed by atoms with Crippen molar-refractivity contribution < 1.29 is 9.18 Å². The molecule has 2 rings (SSSR count). The molecule has 0 fully saturated rings. The fourth-order valence-electron chi connectivity index (χ4n) is 3.17. The van der Waals surface area contributed by atoms with E-state index >= 15 is 0 Å². The molecule has 0 spiro atoms. The first-order valence-electron chi connectivity index (χ1n) is 9.14. The molecular formula is C22H26FN3O. The average molecular weight is 367 g/mol. The molecule has 0 bridgehead atoms. The molecule has 1 amide bonds. The van der Waals surface area contributed by atoms with Gasteiger partial charge in [0.25, 0.3) is 0 Å². The van der Waals surface area contributed by atoms with E-state index in [0.717, 1.165) is 11.1 Å². The first kappa shape index (κ1) is 20.6. The average Bonchev–Trinajstić information content (AvgIpc) is 2.68. The Morgan fingerprint density at radius 2 is 1.70 bits per heavy atom. The minimum absolute atomic E-state index is 0.0230. The number of nitrogens with zero attached hydrogens (tertiary/aromatic N) is 3. The Bertz CT molecular complexity index is 770. The van der Waals surface area contributed by atoms with Gasteiger partial charge in [0.1, 0.15) is 5.82 Å². The maximum absolute atomic E-state index is 13.4. The van der Waals surface area contributed by atoms with E-state index in [4.69, 9.17) is 5.26 Å². The Kier molecular flexibility index (Phi) is 7.51. The molecule has 4 nitrogen and oxygen atoms in total. The SMILES string of the molecule is CCN(CC(C)C#N)C(=O)CN(C)C(c1ccccc1)c1ccc(F)cc1. The van der Waals surface area contributed by atoms with E-state index in [-0.39, 0.29) is 30.2 Å². The van der Waals surface area contributed by atoms with E-state index in [9.17, 15) is 9.18 Å². The lowest BCUT2D eigenvalue weighted by Gasteiger charge is -2.31. The van der Waals surface area contributed by atoms with Crippen molar-refractivity contribution in [2.75, 3.05) is 26.7 Å². The summed E-state index contributed by atoms with van der Waals surface area (Å²) in [5, 5.41) is 9.02. The van der Waals surface area contributed by atoms with Gasteiger partial charge in [-0.3, -0.25) is 9.69 Å². The number of benzene rings is 2. The smallest absolute Gasteiger partial charge is 0.236 e. The second-order valence-electron chi connectivity index (χ2n) is 6.74. The summed E-state index contributed by atoms with van der Waals surface area (Å²) in [6.45, 7) is 4.92. The van der Waals surface area contributed by atoms with Crippen LogP contribution in [-0.2, 0) is 4.79 Å². The predicted octanol–water partition coefficient (Wildman–Crippen LogP) is 3.86. The van der Waals surface area contributed by atoms with Gasteiger partial charge in [0.15, 0.2) is 0 Å². The van der Waals surface area contributed by atoms with Crippen LogP contribution in [0.4, 0.5) is 4.39 Å². The number of hydrogen-bond acceptors (Lipinski definition) is 3. The van der Waals surface area contributed by atoms with E-state index in [1.165, 1.54) is 12.1 Å². The van der Waals surface area contributed by atoms with Crippen molar-refractivity contribution in [3.63, 3.8) is 0 Å². The summed E-state index contributed by atoms with van der Waals surface area (Å²) < 4.78 is 13.4. The fourth-order valence-corrected chi connectivity index (χ4v) is 3.17. The van der Waals surface area contributed by atoms with Crippen molar-refractivity contribution in [1.82, 2.24) is 9.80 Å². The van der Waals surface area contributed by atoms with Gasteiger partial charge in [-0.05, 0) is 44.2 Å². The third-order valence-corrected chi connectivity index (χ3v) is 4.58. The van der Waals surface area contributed by atoms with Gasteiger partial charge >= 0.3 is 0 Å². The molecule has 0 aliphatic rings. The van der Waals surface area contributed by atoms with Crippen molar-refractivity contribution in [1.29, 1.82) is 5.26 Å². The summed E-state index contributed by atoms with van der Waals surface area (Å²) in [6, 6.07) is 18.3. The summed E-state index contributed by atoms with van der Waals surface area (Å²) in [5.41, 5.74) is 1.96. The van der Waals surface area contributed by atoms with Crippen LogP contribution >= 0.6 is 0 Å². The van der Waals surface area contributed by atoms with Crippen LogP contribution in [0.25, 0.3) is 0 Å². The van der Waals surface area contributed by atoms with Crippen molar-refractivity contribution in [3.05, 3.63) is 71.5 Å². The molecule has 27 heavy (non-hydrogen) atoms. The maximum atomic E-state index is 13.4. The Balaban J connectivity index is 2.23. The largest absolute Gasteiger partial charge is 0.341 e. The third kappa shape index (κ3) is 5.63. The molecule has 0 aliphatic carbocycles. The molecule has 0 radical (unpaired) electrons. The summed E-state index contributed by atoms with van der Waals surface area (Å²) in [4.78, 5) is 16.4. The molecule has 2 aromatic rings. The number of hydrogen-bond donors (Lipinski definition) is 0. The van der Waals surface area contributed by atoms with Gasteiger partial charge in [-0.25, -0.2) is 4.39 Å². The third-order valence-electron chi connectivity index (χ3n) is 4.58. The summed E-state index contributed by atoms with van der Waals surface area (Å²) in [5.74, 6) is -0.515. The lowest BCUT2D eigenvalue weighted by Crippen LogP contribution is -2.42. The minimum Gasteiger partial charge on any atom is -0.341 e. The first-order valence-corrected chi connectivity index (χ1v) is 9.14. The highest BCUT2D eigenvalue weighted by Gasteiger charge is 2.24. The normalized spacial score (nSPS) is 13.0. The zero-order valence-corrected chi connectivity index (χ0v) is 16.1. The van der Waals surface area contributed by atoms with Gasteiger partial charge in [0, 0.05) is 13.1 Å². The summed E-state index contributed by atoms with van der Waals surface area (Å²) >= 11 is 0. The molecule has 0 aromatic heterocycles. The van der Waals surface area contributed by atoms with Crippen LogP contribution in [0.15, 0.2) is 54.6 Å². The van der Waals surface area contributed by atoms with Crippen LogP contribution in [0, 0.1) is 23.1 Å².